The summed E-state index contributed by atoms with van der Waals surface area (Å²) in [7, 11) is 0. The molecule has 0 bridgehead atoms. The molecule has 0 saturated heterocycles. The molecule has 0 fully saturated rings. The molecule has 0 radical (unpaired) electrons. The lowest BCUT2D eigenvalue weighted by Crippen LogP contribution is -2.36. The predicted molar refractivity (Wildman–Crippen MR) is 87.4 cm³/mol. The second kappa shape index (κ2) is 6.82. The van der Waals surface area contributed by atoms with Gasteiger partial charge in [0.15, 0.2) is 5.69 Å². The Kier molecular flexibility index (Phi) is 4.42. The molecular formula is C17H16N4O3. The molecule has 1 N–H and O–H groups in total. The molecule has 2 aromatic heterocycles. The lowest BCUT2D eigenvalue weighted by atomic mass is 10.2. The van der Waals surface area contributed by atoms with Gasteiger partial charge in [-0.3, -0.25) is 4.79 Å². The average molecular weight is 324 g/mol. The minimum atomic E-state index is -0.572. The van der Waals surface area contributed by atoms with Gasteiger partial charge in [0.1, 0.15) is 12.3 Å². The van der Waals surface area contributed by atoms with Crippen LogP contribution in [0.4, 0.5) is 0 Å². The van der Waals surface area contributed by atoms with Crippen molar-refractivity contribution in [1.29, 1.82) is 0 Å². The first-order valence-electron chi connectivity index (χ1n) is 7.35. The van der Waals surface area contributed by atoms with Crippen LogP contribution in [0.15, 0.2) is 64.6 Å². The van der Waals surface area contributed by atoms with Gasteiger partial charge in [0.25, 0.3) is 0 Å². The Balaban J connectivity index is 1.74. The fourth-order valence-electron chi connectivity index (χ4n) is 2.34. The molecule has 0 unspecified atom stereocenters. The number of carbonyl (C=O) groups excluding carboxylic acids is 1. The van der Waals surface area contributed by atoms with Crippen molar-refractivity contribution in [3.8, 4) is 0 Å². The van der Waals surface area contributed by atoms with Crippen molar-refractivity contribution in [3.63, 3.8) is 0 Å². The third kappa shape index (κ3) is 3.35. The second-order valence-corrected chi connectivity index (χ2v) is 5.20. The molecule has 0 atom stereocenters. The summed E-state index contributed by atoms with van der Waals surface area (Å²) >= 11 is 0. The highest BCUT2D eigenvalue weighted by Crippen LogP contribution is 2.08. The molecule has 0 saturated carbocycles. The zero-order valence-corrected chi connectivity index (χ0v) is 13.0. The van der Waals surface area contributed by atoms with E-state index in [9.17, 15) is 10.0 Å². The fourth-order valence-corrected chi connectivity index (χ4v) is 2.34. The van der Waals surface area contributed by atoms with Gasteiger partial charge in [-0.15, -0.1) is 0 Å². The molecule has 3 rings (SSSR count). The topological polar surface area (TPSA) is 86.5 Å². The Bertz CT molecular complexity index is 852. The van der Waals surface area contributed by atoms with E-state index in [4.69, 9.17) is 4.42 Å². The van der Waals surface area contributed by atoms with Crippen LogP contribution < -0.4 is 10.2 Å². The Morgan fingerprint density at radius 3 is 2.83 bits per heavy atom. The standard InChI is InChI=1S/C17H16N4O3/c1-13-16(17(22)19-18-10-15-8-5-9-24-15)21(23)12-20(13)11-14-6-3-2-4-7-14/h2-10,12H,11H2,1H3,(H,19,22)/b18-10+. The van der Waals surface area contributed by atoms with Gasteiger partial charge in [-0.2, -0.15) is 5.10 Å². The first-order valence-corrected chi connectivity index (χ1v) is 7.35. The SMILES string of the molecule is Cc1c(C(=O)N/N=C/c2ccco2)[n+]([O-])cn1Cc1ccccc1. The number of hydrogen-bond acceptors (Lipinski definition) is 4. The quantitative estimate of drug-likeness (QED) is 0.336. The highest BCUT2D eigenvalue weighted by Gasteiger charge is 2.23. The summed E-state index contributed by atoms with van der Waals surface area (Å²) in [5.74, 6) is -0.0687. The van der Waals surface area contributed by atoms with E-state index in [2.05, 4.69) is 10.5 Å². The van der Waals surface area contributed by atoms with Crippen LogP contribution in [-0.4, -0.2) is 16.7 Å². The minimum Gasteiger partial charge on any atom is -0.710 e. The summed E-state index contributed by atoms with van der Waals surface area (Å²) in [6.07, 6.45) is 4.22. The second-order valence-electron chi connectivity index (χ2n) is 5.20. The number of nitrogens with one attached hydrogen (secondary N) is 1. The molecule has 1 aromatic carbocycles. The van der Waals surface area contributed by atoms with Gasteiger partial charge in [0, 0.05) is 6.92 Å². The Hall–Kier alpha value is -3.35. The van der Waals surface area contributed by atoms with E-state index in [0.29, 0.717) is 22.7 Å². The molecule has 2 heterocycles. The number of hydrazone groups is 1. The lowest BCUT2D eigenvalue weighted by Gasteiger charge is -2.01. The molecule has 24 heavy (non-hydrogen) atoms. The Labute approximate surface area is 138 Å². The number of benzene rings is 1. The van der Waals surface area contributed by atoms with Crippen LogP contribution in [0.5, 0.6) is 0 Å². The summed E-state index contributed by atoms with van der Waals surface area (Å²) in [5.41, 5.74) is 3.96. The minimum absolute atomic E-state index is 0.0162. The Morgan fingerprint density at radius 1 is 1.33 bits per heavy atom. The molecular weight excluding hydrogens is 308 g/mol. The normalized spacial score (nSPS) is 11.0. The van der Waals surface area contributed by atoms with E-state index in [0.717, 1.165) is 5.56 Å². The van der Waals surface area contributed by atoms with Gasteiger partial charge in [0.05, 0.1) is 12.5 Å². The highest BCUT2D eigenvalue weighted by atomic mass is 16.5. The van der Waals surface area contributed by atoms with Crippen molar-refractivity contribution < 1.29 is 13.9 Å². The smallest absolute Gasteiger partial charge is 0.315 e. The van der Waals surface area contributed by atoms with Crippen LogP contribution in [0, 0.1) is 12.1 Å². The van der Waals surface area contributed by atoms with Crippen molar-refractivity contribution in [1.82, 2.24) is 9.99 Å². The number of amides is 1. The lowest BCUT2D eigenvalue weighted by molar-refractivity contribution is -0.607. The van der Waals surface area contributed by atoms with E-state index in [1.807, 2.05) is 30.3 Å². The van der Waals surface area contributed by atoms with E-state index in [-0.39, 0.29) is 5.69 Å². The van der Waals surface area contributed by atoms with Crippen LogP contribution >= 0.6 is 0 Å². The van der Waals surface area contributed by atoms with Crippen LogP contribution in [0.25, 0.3) is 0 Å². The molecule has 7 heteroatoms. The van der Waals surface area contributed by atoms with E-state index in [1.54, 1.807) is 23.6 Å². The first kappa shape index (κ1) is 15.5. The molecule has 1 amide bonds. The van der Waals surface area contributed by atoms with Crippen LogP contribution in [0.3, 0.4) is 0 Å². The van der Waals surface area contributed by atoms with Crippen LogP contribution in [-0.2, 0) is 6.54 Å². The van der Waals surface area contributed by atoms with Gasteiger partial charge in [-0.1, -0.05) is 30.3 Å². The van der Waals surface area contributed by atoms with E-state index >= 15 is 0 Å². The largest absolute Gasteiger partial charge is 0.710 e. The summed E-state index contributed by atoms with van der Waals surface area (Å²) in [5, 5.41) is 15.8. The molecule has 0 spiro atoms. The van der Waals surface area contributed by atoms with Gasteiger partial charge in [-0.05, 0) is 17.7 Å². The number of imidazole rings is 1. The number of rotatable bonds is 5. The van der Waals surface area contributed by atoms with Crippen molar-refractivity contribution in [3.05, 3.63) is 83.0 Å². The zero-order chi connectivity index (χ0) is 16.9. The maximum absolute atomic E-state index is 12.2. The average Bonchev–Trinajstić information content (AvgIpc) is 3.17. The molecule has 0 aliphatic carbocycles. The molecule has 7 nitrogen and oxygen atoms in total. The molecule has 122 valence electrons. The first-order chi connectivity index (χ1) is 11.6. The van der Waals surface area contributed by atoms with Crippen molar-refractivity contribution in [2.75, 3.05) is 0 Å². The van der Waals surface area contributed by atoms with Gasteiger partial charge >= 0.3 is 5.91 Å². The number of carbonyl (C=O) groups is 1. The Morgan fingerprint density at radius 2 is 2.12 bits per heavy atom. The van der Waals surface area contributed by atoms with Crippen LogP contribution in [0.1, 0.15) is 27.5 Å². The van der Waals surface area contributed by atoms with Crippen molar-refractivity contribution >= 4 is 12.1 Å². The fraction of sp³-hybridized carbons (Fsp3) is 0.118. The summed E-state index contributed by atoms with van der Waals surface area (Å²) < 4.78 is 7.35. The van der Waals surface area contributed by atoms with Gasteiger partial charge < -0.3 is 9.62 Å². The molecule has 0 aliphatic heterocycles. The molecule has 0 aliphatic rings. The van der Waals surface area contributed by atoms with Gasteiger partial charge in [0.2, 0.25) is 12.0 Å². The predicted octanol–water partition coefficient (Wildman–Crippen LogP) is 1.84. The molecule has 3 aromatic rings. The third-order valence-corrected chi connectivity index (χ3v) is 3.55. The van der Waals surface area contributed by atoms with Crippen molar-refractivity contribution in [2.24, 2.45) is 5.10 Å². The third-order valence-electron chi connectivity index (χ3n) is 3.55. The number of hydrogen-bond donors (Lipinski definition) is 1. The summed E-state index contributed by atoms with van der Waals surface area (Å²) in [4.78, 5) is 12.2. The number of furan rings is 1. The maximum atomic E-state index is 12.2. The van der Waals surface area contributed by atoms with Crippen molar-refractivity contribution in [2.45, 2.75) is 13.5 Å². The monoisotopic (exact) mass is 324 g/mol. The van der Waals surface area contributed by atoms with E-state index < -0.39 is 5.91 Å². The number of aromatic nitrogens is 2. The number of nitrogens with zero attached hydrogens (tertiary/aromatic N) is 3. The van der Waals surface area contributed by atoms with E-state index in [1.165, 1.54) is 18.8 Å². The van der Waals surface area contributed by atoms with Crippen LogP contribution in [0.2, 0.25) is 0 Å². The maximum Gasteiger partial charge on any atom is 0.315 e. The highest BCUT2D eigenvalue weighted by molar-refractivity contribution is 5.92. The summed E-state index contributed by atoms with van der Waals surface area (Å²) in [6, 6.07) is 13.1. The van der Waals surface area contributed by atoms with Gasteiger partial charge in [-0.25, -0.2) is 14.7 Å². The zero-order valence-electron chi connectivity index (χ0n) is 13.0. The summed E-state index contributed by atoms with van der Waals surface area (Å²) in [6.45, 7) is 2.24.